The molecule has 1 fully saturated rings. The molecule has 0 N–H and O–H groups in total. The lowest BCUT2D eigenvalue weighted by molar-refractivity contribution is 0.180. The number of nitrogens with zero attached hydrogens (tertiary/aromatic N) is 3. The topological polar surface area (TPSA) is 21.1 Å². The van der Waals surface area contributed by atoms with E-state index >= 15 is 0 Å². The lowest BCUT2D eigenvalue weighted by Crippen LogP contribution is -2.34. The highest BCUT2D eigenvalue weighted by Gasteiger charge is 2.22. The fraction of sp³-hybridized carbons (Fsp3) is 0.286. The van der Waals surface area contributed by atoms with Gasteiger partial charge in [-0.2, -0.15) is 0 Å². The maximum atomic E-state index is 4.60. The van der Waals surface area contributed by atoms with E-state index in [2.05, 4.69) is 81.3 Å². The minimum atomic E-state index is 0.551. The summed E-state index contributed by atoms with van der Waals surface area (Å²) in [6.07, 6.45) is 6.44. The Morgan fingerprint density at radius 3 is 2.25 bits per heavy atom. The molecule has 3 nitrogen and oxygen atoms in total. The number of hydrogen-bond donors (Lipinski definition) is 0. The van der Waals surface area contributed by atoms with Crippen molar-refractivity contribution in [1.29, 1.82) is 0 Å². The van der Waals surface area contributed by atoms with Crippen molar-refractivity contribution in [3.63, 3.8) is 0 Å². The van der Waals surface area contributed by atoms with Gasteiger partial charge in [-0.3, -0.25) is 4.90 Å². The Bertz CT molecular complexity index is 756. The van der Waals surface area contributed by atoms with E-state index in [1.165, 1.54) is 24.0 Å². The molecule has 1 saturated heterocycles. The highest BCUT2D eigenvalue weighted by molar-refractivity contribution is 5.55. The van der Waals surface area contributed by atoms with E-state index in [-0.39, 0.29) is 0 Å². The van der Waals surface area contributed by atoms with Gasteiger partial charge in [-0.25, -0.2) is 4.98 Å². The molecule has 0 radical (unpaired) electrons. The summed E-state index contributed by atoms with van der Waals surface area (Å²) in [6, 6.07) is 21.8. The van der Waals surface area contributed by atoms with Crippen LogP contribution >= 0.6 is 0 Å². The van der Waals surface area contributed by atoms with Crippen LogP contribution in [0.2, 0.25) is 0 Å². The molecule has 3 heteroatoms. The second kappa shape index (κ2) is 7.02. The highest BCUT2D eigenvalue weighted by atomic mass is 15.2. The van der Waals surface area contributed by atoms with Crippen LogP contribution in [0, 0.1) is 0 Å². The third-order valence-electron chi connectivity index (χ3n) is 4.90. The first-order valence-electron chi connectivity index (χ1n) is 8.75. The van der Waals surface area contributed by atoms with Crippen LogP contribution in [0.1, 0.15) is 24.4 Å². The third kappa shape index (κ3) is 3.26. The standard InChI is InChI=1S/C21H23N3/c1-3-7-18(8-4-1)17-23-14-11-20(12-15-23)24-16-13-22-21(24)19-9-5-2-6-10-19/h1-10,13,16,20H,11-12,14-15,17H2. The monoisotopic (exact) mass is 317 g/mol. The Morgan fingerprint density at radius 2 is 1.54 bits per heavy atom. The van der Waals surface area contributed by atoms with Gasteiger partial charge in [0.25, 0.3) is 0 Å². The zero-order valence-corrected chi connectivity index (χ0v) is 13.9. The molecule has 2 aromatic carbocycles. The maximum Gasteiger partial charge on any atom is 0.140 e. The molecule has 0 saturated carbocycles. The van der Waals surface area contributed by atoms with Crippen LogP contribution in [0.25, 0.3) is 11.4 Å². The van der Waals surface area contributed by atoms with Crippen molar-refractivity contribution in [2.45, 2.75) is 25.4 Å². The van der Waals surface area contributed by atoms with Crippen LogP contribution < -0.4 is 0 Å². The zero-order valence-electron chi connectivity index (χ0n) is 13.9. The van der Waals surface area contributed by atoms with Crippen LogP contribution in [0.15, 0.2) is 73.1 Å². The molecule has 1 aliphatic rings. The van der Waals surface area contributed by atoms with Crippen LogP contribution in [0.5, 0.6) is 0 Å². The van der Waals surface area contributed by atoms with Gasteiger partial charge in [-0.1, -0.05) is 60.7 Å². The lowest BCUT2D eigenvalue weighted by atomic mass is 10.0. The number of rotatable bonds is 4. The number of imidazole rings is 1. The predicted octanol–water partition coefficient (Wildman–Crippen LogP) is 4.39. The van der Waals surface area contributed by atoms with Gasteiger partial charge in [-0.05, 0) is 18.4 Å². The molecular weight excluding hydrogens is 294 g/mol. The SMILES string of the molecule is c1ccc(CN2CCC(n3ccnc3-c3ccccc3)CC2)cc1. The van der Waals surface area contributed by atoms with Gasteiger partial charge < -0.3 is 4.57 Å². The number of aromatic nitrogens is 2. The molecule has 0 atom stereocenters. The molecule has 1 aromatic heterocycles. The Hall–Kier alpha value is -2.39. The average Bonchev–Trinajstić information content (AvgIpc) is 3.14. The fourth-order valence-corrected chi connectivity index (χ4v) is 3.62. The largest absolute Gasteiger partial charge is 0.328 e. The van der Waals surface area contributed by atoms with E-state index in [4.69, 9.17) is 0 Å². The summed E-state index contributed by atoms with van der Waals surface area (Å²) < 4.78 is 2.37. The van der Waals surface area contributed by atoms with Gasteiger partial charge in [-0.15, -0.1) is 0 Å². The first kappa shape index (κ1) is 15.2. The van der Waals surface area contributed by atoms with Gasteiger partial charge in [0.1, 0.15) is 5.82 Å². The summed E-state index contributed by atoms with van der Waals surface area (Å²) in [4.78, 5) is 7.16. The van der Waals surface area contributed by atoms with Crippen molar-refractivity contribution >= 4 is 0 Å². The Morgan fingerprint density at radius 1 is 0.875 bits per heavy atom. The molecular formula is C21H23N3. The van der Waals surface area contributed by atoms with Crippen LogP contribution in [0.3, 0.4) is 0 Å². The van der Waals surface area contributed by atoms with Crippen molar-refractivity contribution in [2.24, 2.45) is 0 Å². The number of likely N-dealkylation sites (tertiary alicyclic amines) is 1. The van der Waals surface area contributed by atoms with E-state index in [1.807, 2.05) is 6.20 Å². The first-order valence-corrected chi connectivity index (χ1v) is 8.75. The average molecular weight is 317 g/mol. The van der Waals surface area contributed by atoms with Crippen molar-refractivity contribution in [1.82, 2.24) is 14.5 Å². The Kier molecular flexibility index (Phi) is 4.43. The summed E-state index contributed by atoms with van der Waals surface area (Å²) in [5.41, 5.74) is 2.61. The molecule has 0 spiro atoms. The lowest BCUT2D eigenvalue weighted by Gasteiger charge is -2.33. The Balaban J connectivity index is 1.43. The van der Waals surface area contributed by atoms with Gasteiger partial charge in [0.2, 0.25) is 0 Å². The minimum Gasteiger partial charge on any atom is -0.328 e. The predicted molar refractivity (Wildman–Crippen MR) is 97.7 cm³/mol. The van der Waals surface area contributed by atoms with E-state index in [1.54, 1.807) is 0 Å². The normalized spacial score (nSPS) is 16.3. The Labute approximate surface area is 143 Å². The molecule has 2 heterocycles. The second-order valence-electron chi connectivity index (χ2n) is 6.52. The van der Waals surface area contributed by atoms with Crippen LogP contribution in [-0.2, 0) is 6.54 Å². The van der Waals surface area contributed by atoms with Gasteiger partial charge in [0.05, 0.1) is 0 Å². The summed E-state index contributed by atoms with van der Waals surface area (Å²) in [7, 11) is 0. The molecule has 4 rings (SSSR count). The van der Waals surface area contributed by atoms with Crippen molar-refractivity contribution in [3.05, 3.63) is 78.6 Å². The molecule has 0 amide bonds. The van der Waals surface area contributed by atoms with Crippen molar-refractivity contribution in [2.75, 3.05) is 13.1 Å². The second-order valence-corrected chi connectivity index (χ2v) is 6.52. The van der Waals surface area contributed by atoms with E-state index < -0.39 is 0 Å². The molecule has 24 heavy (non-hydrogen) atoms. The van der Waals surface area contributed by atoms with Crippen LogP contribution in [-0.4, -0.2) is 27.5 Å². The van der Waals surface area contributed by atoms with E-state index in [0.29, 0.717) is 6.04 Å². The molecule has 0 aliphatic carbocycles. The molecule has 1 aliphatic heterocycles. The minimum absolute atomic E-state index is 0.551. The summed E-state index contributed by atoms with van der Waals surface area (Å²) in [5.74, 6) is 1.09. The maximum absolute atomic E-state index is 4.60. The number of benzene rings is 2. The van der Waals surface area contributed by atoms with Crippen molar-refractivity contribution < 1.29 is 0 Å². The summed E-state index contributed by atoms with van der Waals surface area (Å²) in [5, 5.41) is 0. The van der Waals surface area contributed by atoms with Gasteiger partial charge in [0.15, 0.2) is 0 Å². The number of piperidine rings is 1. The van der Waals surface area contributed by atoms with Gasteiger partial charge in [0, 0.05) is 43.6 Å². The fourth-order valence-electron chi connectivity index (χ4n) is 3.62. The van der Waals surface area contributed by atoms with Crippen molar-refractivity contribution in [3.8, 4) is 11.4 Å². The third-order valence-corrected chi connectivity index (χ3v) is 4.90. The molecule has 122 valence electrons. The number of hydrogen-bond acceptors (Lipinski definition) is 2. The smallest absolute Gasteiger partial charge is 0.140 e. The van der Waals surface area contributed by atoms with E-state index in [9.17, 15) is 0 Å². The molecule has 0 bridgehead atoms. The quantitative estimate of drug-likeness (QED) is 0.712. The molecule has 3 aromatic rings. The first-order chi connectivity index (χ1) is 11.9. The van der Waals surface area contributed by atoms with E-state index in [0.717, 1.165) is 25.5 Å². The molecule has 0 unspecified atom stereocenters. The summed E-state index contributed by atoms with van der Waals surface area (Å²) >= 11 is 0. The van der Waals surface area contributed by atoms with Crippen LogP contribution in [0.4, 0.5) is 0 Å². The summed E-state index contributed by atoms with van der Waals surface area (Å²) in [6.45, 7) is 3.35. The van der Waals surface area contributed by atoms with Gasteiger partial charge >= 0.3 is 0 Å². The highest BCUT2D eigenvalue weighted by Crippen LogP contribution is 2.28. The zero-order chi connectivity index (χ0) is 16.2.